The van der Waals surface area contributed by atoms with Crippen LogP contribution in [0.3, 0.4) is 0 Å². The summed E-state index contributed by atoms with van der Waals surface area (Å²) in [6.07, 6.45) is 3.16. The van der Waals surface area contributed by atoms with Crippen molar-refractivity contribution in [2.75, 3.05) is 19.8 Å². The summed E-state index contributed by atoms with van der Waals surface area (Å²) >= 11 is 0. The van der Waals surface area contributed by atoms with Crippen molar-refractivity contribution in [3.05, 3.63) is 23.8 Å². The number of hydrogen-bond donors (Lipinski definition) is 2. The van der Waals surface area contributed by atoms with Gasteiger partial charge in [-0.15, -0.1) is 0 Å². The smallest absolute Gasteiger partial charge is 0.325 e. The monoisotopic (exact) mass is 415 g/mol. The van der Waals surface area contributed by atoms with Crippen LogP contribution in [-0.4, -0.2) is 48.5 Å². The molecule has 0 spiro atoms. The van der Waals surface area contributed by atoms with Crippen molar-refractivity contribution in [2.45, 2.75) is 51.6 Å². The Kier molecular flexibility index (Phi) is 5.34. The van der Waals surface area contributed by atoms with Crippen LogP contribution in [0.5, 0.6) is 11.5 Å². The summed E-state index contributed by atoms with van der Waals surface area (Å²) in [6.45, 7) is 6.59. The molecule has 2 fully saturated rings. The van der Waals surface area contributed by atoms with Crippen LogP contribution in [-0.2, 0) is 15.1 Å². The zero-order chi connectivity index (χ0) is 21.5. The highest BCUT2D eigenvalue weighted by Crippen LogP contribution is 2.37. The van der Waals surface area contributed by atoms with Crippen molar-refractivity contribution in [3.8, 4) is 11.5 Å². The maximum Gasteiger partial charge on any atom is 0.325 e. The first-order valence-corrected chi connectivity index (χ1v) is 10.6. The lowest BCUT2D eigenvalue weighted by atomic mass is 9.78. The summed E-state index contributed by atoms with van der Waals surface area (Å²) in [4.78, 5) is 39.3. The Morgan fingerprint density at radius 1 is 1.20 bits per heavy atom. The van der Waals surface area contributed by atoms with Gasteiger partial charge in [-0.2, -0.15) is 0 Å². The molecule has 2 heterocycles. The molecular weight excluding hydrogens is 386 g/mol. The Balaban J connectivity index is 1.46. The van der Waals surface area contributed by atoms with E-state index in [-0.39, 0.29) is 18.5 Å². The highest BCUT2D eigenvalue weighted by Gasteiger charge is 2.50. The molecule has 4 atom stereocenters. The molecule has 162 valence electrons. The van der Waals surface area contributed by atoms with Crippen molar-refractivity contribution >= 4 is 17.8 Å². The van der Waals surface area contributed by atoms with Crippen molar-refractivity contribution in [1.82, 2.24) is 15.5 Å². The first-order chi connectivity index (χ1) is 14.3. The molecule has 4 rings (SSSR count). The van der Waals surface area contributed by atoms with Gasteiger partial charge in [0, 0.05) is 6.04 Å². The normalized spacial score (nSPS) is 30.8. The van der Waals surface area contributed by atoms with E-state index >= 15 is 0 Å². The van der Waals surface area contributed by atoms with E-state index in [9.17, 15) is 14.4 Å². The Labute approximate surface area is 176 Å². The van der Waals surface area contributed by atoms with E-state index in [1.165, 1.54) is 0 Å². The summed E-state index contributed by atoms with van der Waals surface area (Å²) in [5.74, 6) is 1.30. The number of hydrogen-bond acceptors (Lipinski definition) is 5. The van der Waals surface area contributed by atoms with Crippen LogP contribution in [0.2, 0.25) is 0 Å². The van der Waals surface area contributed by atoms with Gasteiger partial charge in [-0.05, 0) is 42.9 Å². The zero-order valence-corrected chi connectivity index (χ0v) is 17.7. The molecule has 30 heavy (non-hydrogen) atoms. The fourth-order valence-corrected chi connectivity index (χ4v) is 4.57. The van der Waals surface area contributed by atoms with Gasteiger partial charge in [0.15, 0.2) is 11.5 Å². The molecule has 0 unspecified atom stereocenters. The second kappa shape index (κ2) is 7.81. The lowest BCUT2D eigenvalue weighted by Gasteiger charge is -2.34. The van der Waals surface area contributed by atoms with E-state index in [2.05, 4.69) is 24.5 Å². The Hall–Kier alpha value is -2.77. The maximum absolute atomic E-state index is 13.1. The number of nitrogens with one attached hydrogen (secondary N) is 2. The molecule has 2 N–H and O–H groups in total. The van der Waals surface area contributed by atoms with E-state index in [0.29, 0.717) is 42.1 Å². The Morgan fingerprint density at radius 3 is 2.70 bits per heavy atom. The Morgan fingerprint density at radius 2 is 1.93 bits per heavy atom. The number of ether oxygens (including phenoxy) is 2. The fourth-order valence-electron chi connectivity index (χ4n) is 4.57. The lowest BCUT2D eigenvalue weighted by molar-refractivity contribution is -0.135. The van der Waals surface area contributed by atoms with Crippen LogP contribution in [0.1, 0.15) is 45.6 Å². The van der Waals surface area contributed by atoms with Gasteiger partial charge < -0.3 is 20.1 Å². The number of fused-ring (bicyclic) bond motifs is 1. The standard InChI is InChI=1S/C22H29N3O5/c1-13-5-4-6-16(14(13)2)23-19(26)12-25-20(27)22(3,24-21(25)28)15-7-8-17-18(11-15)30-10-9-29-17/h7-8,11,13-14,16H,4-6,9-10,12H2,1-3H3,(H,23,26)(H,24,28)/t13-,14+,16+,22+/m0/s1. The van der Waals surface area contributed by atoms with Crippen molar-refractivity contribution in [2.24, 2.45) is 11.8 Å². The Bertz CT molecular complexity index is 872. The predicted octanol–water partition coefficient (Wildman–Crippen LogP) is 2.17. The highest BCUT2D eigenvalue weighted by molar-refractivity contribution is 6.09. The zero-order valence-electron chi connectivity index (χ0n) is 17.7. The third-order valence-electron chi connectivity index (χ3n) is 6.75. The summed E-state index contributed by atoms with van der Waals surface area (Å²) < 4.78 is 11.1. The largest absolute Gasteiger partial charge is 0.486 e. The summed E-state index contributed by atoms with van der Waals surface area (Å²) in [5.41, 5.74) is -0.678. The van der Waals surface area contributed by atoms with Crippen molar-refractivity contribution in [3.63, 3.8) is 0 Å². The van der Waals surface area contributed by atoms with E-state index < -0.39 is 17.5 Å². The van der Waals surface area contributed by atoms with E-state index in [1.54, 1.807) is 25.1 Å². The SMILES string of the molecule is C[C@@H]1[C@@H](C)CCC[C@H]1NC(=O)CN1C(=O)N[C@](C)(c2ccc3c(c2)OCCO3)C1=O. The first kappa shape index (κ1) is 20.5. The average Bonchev–Trinajstić information content (AvgIpc) is 2.95. The average molecular weight is 415 g/mol. The molecule has 0 bridgehead atoms. The minimum Gasteiger partial charge on any atom is -0.486 e. The summed E-state index contributed by atoms with van der Waals surface area (Å²) in [5, 5.41) is 5.76. The minimum absolute atomic E-state index is 0.0752. The maximum atomic E-state index is 13.1. The molecule has 3 aliphatic rings. The predicted molar refractivity (Wildman–Crippen MR) is 109 cm³/mol. The molecule has 1 saturated heterocycles. The molecule has 1 aliphatic carbocycles. The summed E-state index contributed by atoms with van der Waals surface area (Å²) in [6, 6.07) is 4.68. The van der Waals surface area contributed by atoms with Gasteiger partial charge in [0.05, 0.1) is 0 Å². The third kappa shape index (κ3) is 3.59. The lowest BCUT2D eigenvalue weighted by Crippen LogP contribution is -2.49. The van der Waals surface area contributed by atoms with Crippen LogP contribution < -0.4 is 20.1 Å². The molecule has 0 aromatic heterocycles. The number of imide groups is 1. The van der Waals surface area contributed by atoms with Crippen LogP contribution in [0.4, 0.5) is 4.79 Å². The molecule has 0 radical (unpaired) electrons. The number of urea groups is 1. The molecule has 4 amide bonds. The molecule has 1 saturated carbocycles. The minimum atomic E-state index is -1.26. The number of nitrogens with zero attached hydrogens (tertiary/aromatic N) is 1. The van der Waals surface area contributed by atoms with Gasteiger partial charge in [0.1, 0.15) is 25.3 Å². The summed E-state index contributed by atoms with van der Waals surface area (Å²) in [7, 11) is 0. The highest BCUT2D eigenvalue weighted by atomic mass is 16.6. The number of carbonyl (C=O) groups excluding carboxylic acids is 3. The van der Waals surface area contributed by atoms with Crippen LogP contribution in [0.15, 0.2) is 18.2 Å². The van der Waals surface area contributed by atoms with Gasteiger partial charge in [-0.1, -0.05) is 32.8 Å². The number of benzene rings is 1. The van der Waals surface area contributed by atoms with Gasteiger partial charge in [0.2, 0.25) is 5.91 Å². The fraction of sp³-hybridized carbons (Fsp3) is 0.591. The van der Waals surface area contributed by atoms with Crippen molar-refractivity contribution in [1.29, 1.82) is 0 Å². The molecule has 2 aliphatic heterocycles. The van der Waals surface area contributed by atoms with Gasteiger partial charge in [0.25, 0.3) is 5.91 Å². The van der Waals surface area contributed by atoms with Crippen LogP contribution in [0.25, 0.3) is 0 Å². The number of rotatable bonds is 4. The molecule has 8 nitrogen and oxygen atoms in total. The van der Waals surface area contributed by atoms with Gasteiger partial charge >= 0.3 is 6.03 Å². The van der Waals surface area contributed by atoms with E-state index in [1.807, 2.05) is 0 Å². The van der Waals surface area contributed by atoms with E-state index in [4.69, 9.17) is 9.47 Å². The van der Waals surface area contributed by atoms with Gasteiger partial charge in [-0.3, -0.25) is 14.5 Å². The first-order valence-electron chi connectivity index (χ1n) is 10.6. The van der Waals surface area contributed by atoms with Crippen molar-refractivity contribution < 1.29 is 23.9 Å². The topological polar surface area (TPSA) is 97.0 Å². The third-order valence-corrected chi connectivity index (χ3v) is 6.75. The molecule has 1 aromatic carbocycles. The number of carbonyl (C=O) groups is 3. The molecule has 8 heteroatoms. The second-order valence-electron chi connectivity index (χ2n) is 8.75. The quantitative estimate of drug-likeness (QED) is 0.735. The second-order valence-corrected chi connectivity index (χ2v) is 8.75. The molecule has 1 aromatic rings. The molecular formula is C22H29N3O5. The van der Waals surface area contributed by atoms with Crippen LogP contribution >= 0.6 is 0 Å². The van der Waals surface area contributed by atoms with E-state index in [0.717, 1.165) is 24.2 Å². The number of amides is 4. The van der Waals surface area contributed by atoms with Gasteiger partial charge in [-0.25, -0.2) is 4.79 Å². The van der Waals surface area contributed by atoms with Crippen LogP contribution in [0, 0.1) is 11.8 Å².